The van der Waals surface area contributed by atoms with E-state index in [-0.39, 0.29) is 13.3 Å². The van der Waals surface area contributed by atoms with Gasteiger partial charge in [-0.1, -0.05) is 11.6 Å². The number of rotatable bonds is 1. The van der Waals surface area contributed by atoms with Crippen molar-refractivity contribution in [2.75, 3.05) is 20.3 Å². The Morgan fingerprint density at radius 3 is 3.12 bits per heavy atom. The van der Waals surface area contributed by atoms with Crippen LogP contribution in [0.5, 0.6) is 5.75 Å². The number of hydrogen-bond donors (Lipinski definition) is 1. The van der Waals surface area contributed by atoms with Gasteiger partial charge in [-0.25, -0.2) is 0 Å². The van der Waals surface area contributed by atoms with Crippen molar-refractivity contribution < 1.29 is 14.0 Å². The summed E-state index contributed by atoms with van der Waals surface area (Å²) in [4.78, 5) is 0. The molecule has 16 heavy (non-hydrogen) atoms. The van der Waals surface area contributed by atoms with Gasteiger partial charge in [-0.2, -0.15) is 0 Å². The van der Waals surface area contributed by atoms with Gasteiger partial charge in [0.1, 0.15) is 18.6 Å². The molecule has 6 heteroatoms. The molecular formula is C10H11BClNO3. The number of hydrogen-bond acceptors (Lipinski definition) is 4. The summed E-state index contributed by atoms with van der Waals surface area (Å²) < 4.78 is 16.9. The van der Waals surface area contributed by atoms with E-state index in [1.165, 1.54) is 0 Å². The fraction of sp³-hybridized carbons (Fsp3) is 0.400. The maximum Gasteiger partial charge on any atom is 0.499 e. The molecule has 1 atom stereocenters. The van der Waals surface area contributed by atoms with Gasteiger partial charge in [0.15, 0.2) is 0 Å². The van der Waals surface area contributed by atoms with Crippen molar-refractivity contribution in [1.82, 2.24) is 5.32 Å². The van der Waals surface area contributed by atoms with Gasteiger partial charge in [0, 0.05) is 16.0 Å². The van der Waals surface area contributed by atoms with E-state index in [0.717, 1.165) is 16.8 Å². The van der Waals surface area contributed by atoms with Gasteiger partial charge in [-0.15, -0.1) is 0 Å². The van der Waals surface area contributed by atoms with E-state index < -0.39 is 0 Å². The Morgan fingerprint density at radius 2 is 2.31 bits per heavy atom. The summed E-state index contributed by atoms with van der Waals surface area (Å²) in [5.74, 6) is 0.805. The van der Waals surface area contributed by atoms with E-state index >= 15 is 0 Å². The van der Waals surface area contributed by atoms with Crippen molar-refractivity contribution in [3.8, 4) is 5.75 Å². The summed E-state index contributed by atoms with van der Waals surface area (Å²) in [6.07, 6.45) is -0.228. The van der Waals surface area contributed by atoms with Crippen molar-refractivity contribution in [1.29, 1.82) is 0 Å². The fourth-order valence-electron chi connectivity index (χ4n) is 2.13. The third-order valence-electron chi connectivity index (χ3n) is 2.82. The number of nitrogens with one attached hydrogen (secondary N) is 1. The van der Waals surface area contributed by atoms with Crippen molar-refractivity contribution in [2.45, 2.75) is 6.23 Å². The van der Waals surface area contributed by atoms with E-state index in [1.807, 2.05) is 19.2 Å². The van der Waals surface area contributed by atoms with Crippen molar-refractivity contribution >= 4 is 24.2 Å². The van der Waals surface area contributed by atoms with Crippen LogP contribution in [0.15, 0.2) is 12.1 Å². The Kier molecular flexibility index (Phi) is 2.56. The molecule has 0 amide bonds. The minimum atomic E-state index is -0.372. The van der Waals surface area contributed by atoms with Gasteiger partial charge < -0.3 is 14.0 Å². The highest BCUT2D eigenvalue weighted by Gasteiger charge is 2.42. The van der Waals surface area contributed by atoms with Gasteiger partial charge in [-0.05, 0) is 19.2 Å². The van der Waals surface area contributed by atoms with Gasteiger partial charge in [0.25, 0.3) is 0 Å². The van der Waals surface area contributed by atoms with E-state index in [1.54, 1.807) is 0 Å². The zero-order valence-electron chi connectivity index (χ0n) is 8.83. The summed E-state index contributed by atoms with van der Waals surface area (Å²) in [6.45, 7) is 1.06. The van der Waals surface area contributed by atoms with Crippen LogP contribution < -0.4 is 15.5 Å². The largest absolute Gasteiger partial charge is 0.499 e. The number of benzene rings is 1. The van der Waals surface area contributed by atoms with E-state index in [9.17, 15) is 0 Å². The van der Waals surface area contributed by atoms with Crippen LogP contribution in [0.4, 0.5) is 0 Å². The van der Waals surface area contributed by atoms with Crippen LogP contribution in [0.25, 0.3) is 0 Å². The lowest BCUT2D eigenvalue weighted by molar-refractivity contribution is 0.128. The maximum absolute atomic E-state index is 6.18. The van der Waals surface area contributed by atoms with Gasteiger partial charge in [0.05, 0.1) is 6.61 Å². The summed E-state index contributed by atoms with van der Waals surface area (Å²) >= 11 is 6.18. The minimum absolute atomic E-state index is 0.228. The smallest absolute Gasteiger partial charge is 0.492 e. The van der Waals surface area contributed by atoms with Gasteiger partial charge in [-0.3, -0.25) is 5.32 Å². The zero-order valence-corrected chi connectivity index (χ0v) is 9.58. The molecule has 1 N–H and O–H groups in total. The first kappa shape index (κ1) is 10.4. The molecule has 0 fully saturated rings. The van der Waals surface area contributed by atoms with Crippen LogP contribution >= 0.6 is 11.6 Å². The second kappa shape index (κ2) is 3.93. The fourth-order valence-corrected chi connectivity index (χ4v) is 2.39. The normalized spacial score (nSPS) is 22.6. The molecule has 2 aliphatic rings. The van der Waals surface area contributed by atoms with Gasteiger partial charge in [0.2, 0.25) is 0 Å². The molecule has 0 saturated heterocycles. The molecule has 1 aromatic carbocycles. The lowest BCUT2D eigenvalue weighted by Crippen LogP contribution is -2.31. The summed E-state index contributed by atoms with van der Waals surface area (Å²) in [5, 5.41) is 3.73. The Hall–Kier alpha value is -0.745. The number of halogens is 1. The molecule has 2 aliphatic heterocycles. The van der Waals surface area contributed by atoms with E-state index in [0.29, 0.717) is 18.2 Å². The molecule has 0 aliphatic carbocycles. The Labute approximate surface area is 99.0 Å². The van der Waals surface area contributed by atoms with Crippen molar-refractivity contribution in [3.05, 3.63) is 22.7 Å². The molecule has 1 aromatic rings. The van der Waals surface area contributed by atoms with Crippen LogP contribution in [0.3, 0.4) is 0 Å². The first-order valence-corrected chi connectivity index (χ1v) is 5.58. The van der Waals surface area contributed by atoms with E-state index in [4.69, 9.17) is 25.6 Å². The highest BCUT2D eigenvalue weighted by Crippen LogP contribution is 2.33. The third-order valence-corrected chi connectivity index (χ3v) is 3.15. The third kappa shape index (κ3) is 1.43. The lowest BCUT2D eigenvalue weighted by Gasteiger charge is -2.14. The zero-order chi connectivity index (χ0) is 11.1. The van der Waals surface area contributed by atoms with Gasteiger partial charge >= 0.3 is 7.12 Å². The number of ether oxygens (including phenoxy) is 1. The Balaban J connectivity index is 2.17. The highest BCUT2D eigenvalue weighted by molar-refractivity contribution is 6.64. The highest BCUT2D eigenvalue weighted by atomic mass is 35.5. The molecule has 0 spiro atoms. The standard InChI is InChI=1S/C10H11BClNO3/c1-13-10-8-6(12)2-3-7-9(8)11(16-10)15-5-4-14-7/h2-3,10,13H,4-5H2,1H3/t10-/m0/s1. The molecule has 0 unspecified atom stereocenters. The predicted molar refractivity (Wildman–Crippen MR) is 61.2 cm³/mol. The second-order valence-electron chi connectivity index (χ2n) is 3.73. The van der Waals surface area contributed by atoms with E-state index in [2.05, 4.69) is 5.32 Å². The molecule has 84 valence electrons. The molecule has 0 aromatic heterocycles. The molecule has 2 heterocycles. The second-order valence-corrected chi connectivity index (χ2v) is 4.14. The SMILES string of the molecule is CN[C@H]1OB2OCCOc3ccc(Cl)c1c32. The van der Waals surface area contributed by atoms with Crippen LogP contribution in [-0.4, -0.2) is 27.4 Å². The first-order valence-electron chi connectivity index (χ1n) is 5.20. The molecule has 3 rings (SSSR count). The topological polar surface area (TPSA) is 39.7 Å². The Morgan fingerprint density at radius 1 is 1.44 bits per heavy atom. The van der Waals surface area contributed by atoms with Crippen LogP contribution in [-0.2, 0) is 9.31 Å². The Bertz CT molecular complexity index is 429. The quantitative estimate of drug-likeness (QED) is 0.732. The van der Waals surface area contributed by atoms with Crippen molar-refractivity contribution in [3.63, 3.8) is 0 Å². The average molecular weight is 239 g/mol. The summed E-state index contributed by atoms with van der Waals surface area (Å²) in [5.41, 5.74) is 1.85. The maximum atomic E-state index is 6.18. The molecule has 0 bridgehead atoms. The molecule has 4 nitrogen and oxygen atoms in total. The van der Waals surface area contributed by atoms with Crippen LogP contribution in [0.1, 0.15) is 11.8 Å². The van der Waals surface area contributed by atoms with Crippen LogP contribution in [0, 0.1) is 0 Å². The monoisotopic (exact) mass is 239 g/mol. The summed E-state index contributed by atoms with van der Waals surface area (Å²) in [7, 11) is 1.45. The van der Waals surface area contributed by atoms with Crippen LogP contribution in [0.2, 0.25) is 5.02 Å². The molecule has 0 radical (unpaired) electrons. The summed E-state index contributed by atoms with van der Waals surface area (Å²) in [6, 6.07) is 3.70. The molecular weight excluding hydrogens is 228 g/mol. The lowest BCUT2D eigenvalue weighted by atomic mass is 9.78. The average Bonchev–Trinajstić information content (AvgIpc) is 2.55. The minimum Gasteiger partial charge on any atom is -0.492 e. The first-order chi connectivity index (χ1) is 7.81. The van der Waals surface area contributed by atoms with Crippen molar-refractivity contribution in [2.24, 2.45) is 0 Å². The predicted octanol–water partition coefficient (Wildman–Crippen LogP) is 0.692. The molecule has 0 saturated carbocycles.